The number of amides is 1. The Kier molecular flexibility index (Phi) is 6.28. The number of nitrogens with zero attached hydrogens (tertiary/aromatic N) is 1. The maximum atomic E-state index is 13.8. The molecule has 0 radical (unpaired) electrons. The highest BCUT2D eigenvalue weighted by atomic mass is 19.1. The minimum Gasteiger partial charge on any atom is -0.490 e. The normalized spacial score (nSPS) is 13.5. The van der Waals surface area contributed by atoms with Crippen molar-refractivity contribution in [3.63, 3.8) is 0 Å². The van der Waals surface area contributed by atoms with E-state index in [0.717, 1.165) is 12.8 Å². The van der Waals surface area contributed by atoms with Gasteiger partial charge in [0.25, 0.3) is 5.91 Å². The number of nitrogens with one attached hydrogen (secondary N) is 1. The van der Waals surface area contributed by atoms with Gasteiger partial charge in [-0.25, -0.2) is 4.39 Å². The number of hydrogen-bond donors (Lipinski definition) is 1. The Labute approximate surface area is 163 Å². The van der Waals surface area contributed by atoms with Gasteiger partial charge in [-0.05, 0) is 49.6 Å². The van der Waals surface area contributed by atoms with Crippen molar-refractivity contribution in [1.82, 2.24) is 5.32 Å². The van der Waals surface area contributed by atoms with Crippen LogP contribution in [0.2, 0.25) is 0 Å². The van der Waals surface area contributed by atoms with Crippen LogP contribution in [0.1, 0.15) is 30.9 Å². The van der Waals surface area contributed by atoms with Gasteiger partial charge in [0.1, 0.15) is 24.1 Å². The fourth-order valence-corrected chi connectivity index (χ4v) is 2.58. The molecule has 1 fully saturated rings. The summed E-state index contributed by atoms with van der Waals surface area (Å²) in [5.74, 6) is 0.221. The van der Waals surface area contributed by atoms with Crippen molar-refractivity contribution in [3.05, 3.63) is 65.0 Å². The lowest BCUT2D eigenvalue weighted by Gasteiger charge is -2.13. The molecule has 28 heavy (non-hydrogen) atoms. The van der Waals surface area contributed by atoms with Crippen molar-refractivity contribution in [2.75, 3.05) is 6.61 Å². The summed E-state index contributed by atoms with van der Waals surface area (Å²) < 4.78 is 25.1. The van der Waals surface area contributed by atoms with Gasteiger partial charge < -0.3 is 14.8 Å². The van der Waals surface area contributed by atoms with Crippen molar-refractivity contribution in [2.24, 2.45) is 0 Å². The van der Waals surface area contributed by atoms with E-state index < -0.39 is 0 Å². The van der Waals surface area contributed by atoms with Crippen molar-refractivity contribution < 1.29 is 18.7 Å². The van der Waals surface area contributed by atoms with Crippen LogP contribution in [0, 0.1) is 17.1 Å². The molecule has 0 spiro atoms. The second-order valence-electron chi connectivity index (χ2n) is 6.44. The van der Waals surface area contributed by atoms with Gasteiger partial charge >= 0.3 is 0 Å². The van der Waals surface area contributed by atoms with Crippen LogP contribution in [0.25, 0.3) is 6.08 Å². The lowest BCUT2D eigenvalue weighted by Crippen LogP contribution is -2.26. The third-order valence-corrected chi connectivity index (χ3v) is 4.20. The summed E-state index contributed by atoms with van der Waals surface area (Å²) in [6.45, 7) is 2.32. The third kappa shape index (κ3) is 5.10. The first-order valence-electron chi connectivity index (χ1n) is 9.16. The van der Waals surface area contributed by atoms with Crippen LogP contribution in [-0.2, 0) is 11.4 Å². The smallest absolute Gasteiger partial charge is 0.262 e. The minimum absolute atomic E-state index is 0.0365. The molecule has 0 atom stereocenters. The number of ether oxygens (including phenoxy) is 2. The lowest BCUT2D eigenvalue weighted by atomic mass is 10.1. The summed E-state index contributed by atoms with van der Waals surface area (Å²) in [7, 11) is 0. The van der Waals surface area contributed by atoms with E-state index in [1.54, 1.807) is 36.4 Å². The Morgan fingerprint density at radius 3 is 2.71 bits per heavy atom. The molecule has 144 valence electrons. The summed E-state index contributed by atoms with van der Waals surface area (Å²) in [6.07, 6.45) is 3.42. The Balaban J connectivity index is 1.78. The Hall–Kier alpha value is -3.33. The number of carbonyl (C=O) groups is 1. The number of hydrogen-bond acceptors (Lipinski definition) is 4. The number of halogens is 1. The van der Waals surface area contributed by atoms with Gasteiger partial charge in [-0.15, -0.1) is 0 Å². The van der Waals surface area contributed by atoms with Crippen molar-refractivity contribution >= 4 is 12.0 Å². The molecule has 0 aromatic heterocycles. The van der Waals surface area contributed by atoms with Crippen LogP contribution in [0.3, 0.4) is 0 Å². The van der Waals surface area contributed by atoms with Gasteiger partial charge in [-0.2, -0.15) is 5.26 Å². The van der Waals surface area contributed by atoms with Gasteiger partial charge in [-0.1, -0.05) is 24.3 Å². The molecule has 0 heterocycles. The van der Waals surface area contributed by atoms with Gasteiger partial charge in [0.05, 0.1) is 6.61 Å². The average molecular weight is 380 g/mol. The second kappa shape index (κ2) is 9.05. The molecule has 2 aromatic carbocycles. The van der Waals surface area contributed by atoms with Crippen molar-refractivity contribution in [3.8, 4) is 17.6 Å². The summed E-state index contributed by atoms with van der Waals surface area (Å²) in [6, 6.07) is 13.6. The molecule has 5 nitrogen and oxygen atoms in total. The van der Waals surface area contributed by atoms with E-state index >= 15 is 0 Å². The molecule has 0 unspecified atom stereocenters. The van der Waals surface area contributed by atoms with Crippen molar-refractivity contribution in [2.45, 2.75) is 32.4 Å². The molecule has 1 N–H and O–H groups in total. The highest BCUT2D eigenvalue weighted by Crippen LogP contribution is 2.30. The van der Waals surface area contributed by atoms with Gasteiger partial charge in [0.15, 0.2) is 11.5 Å². The van der Waals surface area contributed by atoms with E-state index in [-0.39, 0.29) is 29.9 Å². The molecule has 3 rings (SSSR count). The zero-order chi connectivity index (χ0) is 19.9. The Morgan fingerprint density at radius 2 is 2.04 bits per heavy atom. The number of nitriles is 1. The molecular weight excluding hydrogens is 359 g/mol. The molecule has 1 aliphatic carbocycles. The SMILES string of the molecule is CCOc1cc(/C=C(\C#N)C(=O)NC2CC2)ccc1OCc1ccccc1F. The zero-order valence-corrected chi connectivity index (χ0v) is 15.6. The van der Waals surface area contributed by atoms with Gasteiger partial charge in [0, 0.05) is 11.6 Å². The maximum absolute atomic E-state index is 13.8. The van der Waals surface area contributed by atoms with Gasteiger partial charge in [0.2, 0.25) is 0 Å². The van der Waals surface area contributed by atoms with Crippen LogP contribution in [-0.4, -0.2) is 18.6 Å². The van der Waals surface area contributed by atoms with Gasteiger partial charge in [-0.3, -0.25) is 4.79 Å². The Bertz CT molecular complexity index is 930. The topological polar surface area (TPSA) is 71.3 Å². The molecular formula is C22H21FN2O3. The zero-order valence-electron chi connectivity index (χ0n) is 15.6. The predicted molar refractivity (Wildman–Crippen MR) is 103 cm³/mol. The van der Waals surface area contributed by atoms with Crippen LogP contribution < -0.4 is 14.8 Å². The molecule has 0 aliphatic heterocycles. The van der Waals surface area contributed by atoms with E-state index in [1.165, 1.54) is 12.1 Å². The second-order valence-corrected chi connectivity index (χ2v) is 6.44. The van der Waals surface area contributed by atoms with E-state index in [2.05, 4.69) is 5.32 Å². The van der Waals surface area contributed by atoms with Crippen molar-refractivity contribution in [1.29, 1.82) is 5.26 Å². The summed E-state index contributed by atoms with van der Waals surface area (Å²) in [5.41, 5.74) is 1.12. The standard InChI is InChI=1S/C22H21FN2O3/c1-2-27-21-12-15(11-17(13-24)22(26)25-18-8-9-18)7-10-20(21)28-14-16-5-3-4-6-19(16)23/h3-7,10-12,18H,2,8-9,14H2,1H3,(H,25,26)/b17-11+. The molecule has 1 amide bonds. The van der Waals surface area contributed by atoms with Crippen LogP contribution >= 0.6 is 0 Å². The summed E-state index contributed by atoms with van der Waals surface area (Å²) in [4.78, 5) is 12.1. The first kappa shape index (κ1) is 19.4. The number of benzene rings is 2. The molecule has 1 saturated carbocycles. The molecule has 0 bridgehead atoms. The first-order valence-corrected chi connectivity index (χ1v) is 9.16. The fourth-order valence-electron chi connectivity index (χ4n) is 2.58. The highest BCUT2D eigenvalue weighted by molar-refractivity contribution is 6.02. The summed E-state index contributed by atoms with van der Waals surface area (Å²) >= 11 is 0. The molecule has 1 aliphatic rings. The maximum Gasteiger partial charge on any atom is 0.262 e. The average Bonchev–Trinajstić information content (AvgIpc) is 3.50. The predicted octanol–water partition coefficient (Wildman–Crippen LogP) is 3.99. The lowest BCUT2D eigenvalue weighted by molar-refractivity contribution is -0.117. The Morgan fingerprint density at radius 1 is 1.25 bits per heavy atom. The molecule has 2 aromatic rings. The number of rotatable bonds is 8. The highest BCUT2D eigenvalue weighted by Gasteiger charge is 2.24. The van der Waals surface area contributed by atoms with E-state index in [1.807, 2.05) is 13.0 Å². The number of carbonyl (C=O) groups excluding carboxylic acids is 1. The molecule has 0 saturated heterocycles. The molecule has 6 heteroatoms. The summed E-state index contributed by atoms with van der Waals surface area (Å²) in [5, 5.41) is 12.1. The van der Waals surface area contributed by atoms with E-state index in [4.69, 9.17) is 9.47 Å². The largest absolute Gasteiger partial charge is 0.490 e. The van der Waals surface area contributed by atoms with E-state index in [0.29, 0.717) is 29.2 Å². The minimum atomic E-state index is -0.372. The third-order valence-electron chi connectivity index (χ3n) is 4.20. The fraction of sp³-hybridized carbons (Fsp3) is 0.273. The quantitative estimate of drug-likeness (QED) is 0.555. The van der Waals surface area contributed by atoms with Crippen LogP contribution in [0.4, 0.5) is 4.39 Å². The first-order chi connectivity index (χ1) is 13.6. The van der Waals surface area contributed by atoms with Crippen LogP contribution in [0.5, 0.6) is 11.5 Å². The monoisotopic (exact) mass is 380 g/mol. The van der Waals surface area contributed by atoms with Crippen LogP contribution in [0.15, 0.2) is 48.0 Å². The van der Waals surface area contributed by atoms with E-state index in [9.17, 15) is 14.4 Å².